The minimum atomic E-state index is -0.359. The maximum absolute atomic E-state index is 5.50. The van der Waals surface area contributed by atoms with Crippen molar-refractivity contribution in [3.05, 3.63) is 107 Å². The summed E-state index contributed by atoms with van der Waals surface area (Å²) in [5, 5.41) is 0. The van der Waals surface area contributed by atoms with Crippen molar-refractivity contribution in [3.63, 3.8) is 0 Å². The van der Waals surface area contributed by atoms with E-state index in [9.17, 15) is 0 Å². The van der Waals surface area contributed by atoms with Crippen LogP contribution in [0, 0.1) is 0 Å². The first-order valence-corrected chi connectivity index (χ1v) is 12.5. The van der Waals surface area contributed by atoms with Crippen molar-refractivity contribution in [2.45, 2.75) is 11.8 Å². The Bertz CT molecular complexity index is 1650. The van der Waals surface area contributed by atoms with Gasteiger partial charge in [0.05, 0.1) is 31.5 Å². The molecule has 7 rings (SSSR count). The van der Waals surface area contributed by atoms with E-state index in [1.54, 1.807) is 22.7 Å². The standard InChI is InChI=1S/C27H17N3OS2/c1-2-10-27(18-6-9-25-23(12-18)30-16-32-25,19-5-7-21-26(13-19)33-15-29-21)20(3-1)17-4-8-24-22(11-17)28-14-31-24/h1-9,11-16H,10H2. The van der Waals surface area contributed by atoms with E-state index in [0.717, 1.165) is 34.1 Å². The van der Waals surface area contributed by atoms with Crippen LogP contribution >= 0.6 is 22.7 Å². The molecule has 1 unspecified atom stereocenters. The summed E-state index contributed by atoms with van der Waals surface area (Å²) in [5.41, 5.74) is 12.1. The van der Waals surface area contributed by atoms with Gasteiger partial charge in [-0.3, -0.25) is 0 Å². The quantitative estimate of drug-likeness (QED) is 0.275. The van der Waals surface area contributed by atoms with Crippen molar-refractivity contribution in [2.75, 3.05) is 0 Å². The molecular weight excluding hydrogens is 446 g/mol. The molecule has 0 saturated carbocycles. The number of oxazole rings is 1. The van der Waals surface area contributed by atoms with E-state index in [4.69, 9.17) is 4.42 Å². The van der Waals surface area contributed by atoms with Gasteiger partial charge in [0.2, 0.25) is 0 Å². The van der Waals surface area contributed by atoms with Crippen LogP contribution in [0.3, 0.4) is 0 Å². The average molecular weight is 464 g/mol. The van der Waals surface area contributed by atoms with Gasteiger partial charge < -0.3 is 4.42 Å². The van der Waals surface area contributed by atoms with Crippen LogP contribution in [0.4, 0.5) is 0 Å². The number of hydrogen-bond acceptors (Lipinski definition) is 6. The Morgan fingerprint density at radius 1 is 0.758 bits per heavy atom. The van der Waals surface area contributed by atoms with E-state index in [2.05, 4.69) is 81.7 Å². The Hall–Kier alpha value is -3.61. The maximum atomic E-state index is 5.50. The van der Waals surface area contributed by atoms with Crippen molar-refractivity contribution in [1.29, 1.82) is 0 Å². The molecule has 1 aliphatic rings. The number of hydrogen-bond donors (Lipinski definition) is 0. The van der Waals surface area contributed by atoms with Gasteiger partial charge in [-0.2, -0.15) is 0 Å². The van der Waals surface area contributed by atoms with Gasteiger partial charge in [0.25, 0.3) is 0 Å². The molecule has 0 radical (unpaired) electrons. The minimum Gasteiger partial charge on any atom is -0.443 e. The summed E-state index contributed by atoms with van der Waals surface area (Å²) in [4.78, 5) is 13.5. The molecule has 0 bridgehead atoms. The van der Waals surface area contributed by atoms with Gasteiger partial charge in [-0.15, -0.1) is 22.7 Å². The highest BCUT2D eigenvalue weighted by atomic mass is 32.1. The van der Waals surface area contributed by atoms with Crippen LogP contribution in [0.1, 0.15) is 23.1 Å². The molecule has 0 fully saturated rings. The molecule has 3 aromatic carbocycles. The lowest BCUT2D eigenvalue weighted by atomic mass is 9.63. The molecular formula is C27H17N3OS2. The number of thiazole rings is 2. The van der Waals surface area contributed by atoms with Crippen LogP contribution in [0.2, 0.25) is 0 Å². The molecule has 6 heteroatoms. The first-order chi connectivity index (χ1) is 16.3. The predicted octanol–water partition coefficient (Wildman–Crippen LogP) is 7.38. The second-order valence-corrected chi connectivity index (χ2v) is 10.00. The second-order valence-electron chi connectivity index (χ2n) is 8.22. The fourth-order valence-corrected chi connectivity index (χ4v) is 6.36. The van der Waals surface area contributed by atoms with Gasteiger partial charge in [0, 0.05) is 5.41 Å². The fourth-order valence-electron chi connectivity index (χ4n) is 4.99. The Labute approximate surface area is 197 Å². The normalized spacial score (nSPS) is 18.4. The molecule has 0 aliphatic heterocycles. The Morgan fingerprint density at radius 3 is 2.58 bits per heavy atom. The number of benzene rings is 3. The summed E-state index contributed by atoms with van der Waals surface area (Å²) in [5.74, 6) is 0. The largest absolute Gasteiger partial charge is 0.443 e. The molecule has 0 saturated heterocycles. The topological polar surface area (TPSA) is 51.8 Å². The first-order valence-electron chi connectivity index (χ1n) is 10.7. The summed E-state index contributed by atoms with van der Waals surface area (Å²) in [6.45, 7) is 0. The molecule has 3 heterocycles. The van der Waals surface area contributed by atoms with E-state index < -0.39 is 0 Å². The van der Waals surface area contributed by atoms with Gasteiger partial charge in [-0.25, -0.2) is 15.0 Å². The molecule has 3 aromatic heterocycles. The second kappa shape index (κ2) is 7.20. The van der Waals surface area contributed by atoms with Gasteiger partial charge in [-0.1, -0.05) is 36.4 Å². The van der Waals surface area contributed by atoms with Gasteiger partial charge in [0.15, 0.2) is 12.0 Å². The highest BCUT2D eigenvalue weighted by Gasteiger charge is 2.39. The van der Waals surface area contributed by atoms with Crippen LogP contribution in [-0.2, 0) is 5.41 Å². The third-order valence-corrected chi connectivity index (χ3v) is 8.17. The van der Waals surface area contributed by atoms with Gasteiger partial charge in [0.1, 0.15) is 5.52 Å². The third kappa shape index (κ3) is 2.84. The van der Waals surface area contributed by atoms with Crippen molar-refractivity contribution in [3.8, 4) is 0 Å². The molecule has 0 N–H and O–H groups in total. The zero-order chi connectivity index (χ0) is 21.8. The molecule has 158 valence electrons. The molecule has 33 heavy (non-hydrogen) atoms. The number of rotatable bonds is 3. The Balaban J connectivity index is 1.53. The van der Waals surface area contributed by atoms with Crippen LogP contribution in [0.15, 0.2) is 94.7 Å². The molecule has 1 atom stereocenters. The monoisotopic (exact) mass is 463 g/mol. The Kier molecular flexibility index (Phi) is 4.13. The summed E-state index contributed by atoms with van der Waals surface area (Å²) >= 11 is 3.36. The van der Waals surface area contributed by atoms with Gasteiger partial charge >= 0.3 is 0 Å². The summed E-state index contributed by atoms with van der Waals surface area (Å²) in [7, 11) is 0. The zero-order valence-electron chi connectivity index (χ0n) is 17.4. The lowest BCUT2D eigenvalue weighted by Gasteiger charge is -2.39. The van der Waals surface area contributed by atoms with E-state index in [1.807, 2.05) is 17.1 Å². The van der Waals surface area contributed by atoms with E-state index >= 15 is 0 Å². The average Bonchev–Trinajstić information content (AvgIpc) is 3.62. The van der Waals surface area contributed by atoms with E-state index in [-0.39, 0.29) is 5.41 Å². The lowest BCUT2D eigenvalue weighted by molar-refractivity contribution is 0.602. The van der Waals surface area contributed by atoms with E-state index in [1.165, 1.54) is 32.5 Å². The Morgan fingerprint density at radius 2 is 1.61 bits per heavy atom. The van der Waals surface area contributed by atoms with Crippen LogP contribution in [0.5, 0.6) is 0 Å². The minimum absolute atomic E-state index is 0.359. The SMILES string of the molecule is C1=CCC(c2ccc3scnc3c2)(c2ccc3ncsc3c2)C(c2ccc3ocnc3c2)=C1. The molecule has 0 spiro atoms. The third-order valence-electron chi connectivity index (χ3n) is 6.57. The summed E-state index contributed by atoms with van der Waals surface area (Å²) in [6.07, 6.45) is 9.03. The smallest absolute Gasteiger partial charge is 0.181 e. The van der Waals surface area contributed by atoms with Crippen molar-refractivity contribution in [2.24, 2.45) is 0 Å². The summed E-state index contributed by atoms with van der Waals surface area (Å²) in [6, 6.07) is 19.7. The van der Waals surface area contributed by atoms with Crippen LogP contribution in [-0.4, -0.2) is 15.0 Å². The molecule has 0 amide bonds. The highest BCUT2D eigenvalue weighted by molar-refractivity contribution is 7.17. The number of fused-ring (bicyclic) bond motifs is 3. The first kappa shape index (κ1) is 18.9. The lowest BCUT2D eigenvalue weighted by Crippen LogP contribution is -2.30. The maximum Gasteiger partial charge on any atom is 0.181 e. The van der Waals surface area contributed by atoms with Crippen molar-refractivity contribution < 1.29 is 4.42 Å². The van der Waals surface area contributed by atoms with Crippen LogP contribution in [0.25, 0.3) is 37.1 Å². The fraction of sp³-hybridized carbons (Fsp3) is 0.0741. The molecule has 6 aromatic rings. The number of aromatic nitrogens is 3. The molecule has 4 nitrogen and oxygen atoms in total. The van der Waals surface area contributed by atoms with Crippen molar-refractivity contribution >= 4 is 59.8 Å². The van der Waals surface area contributed by atoms with Gasteiger partial charge in [-0.05, 0) is 65.1 Å². The van der Waals surface area contributed by atoms with E-state index in [0.29, 0.717) is 0 Å². The number of allylic oxidation sites excluding steroid dienone is 4. The zero-order valence-corrected chi connectivity index (χ0v) is 19.1. The molecule has 1 aliphatic carbocycles. The van der Waals surface area contributed by atoms with Crippen LogP contribution < -0.4 is 0 Å². The number of nitrogens with zero attached hydrogens (tertiary/aromatic N) is 3. The predicted molar refractivity (Wildman–Crippen MR) is 136 cm³/mol. The highest BCUT2D eigenvalue weighted by Crippen LogP contribution is 2.50. The van der Waals surface area contributed by atoms with Crippen molar-refractivity contribution in [1.82, 2.24) is 15.0 Å². The summed E-state index contributed by atoms with van der Waals surface area (Å²) < 4.78 is 7.90.